The van der Waals surface area contributed by atoms with Crippen LogP contribution in [0.5, 0.6) is 5.75 Å². The first-order chi connectivity index (χ1) is 18.9. The second kappa shape index (κ2) is 12.6. The number of aromatic amines is 1. The average molecular weight is 550 g/mol. The molecule has 0 fully saturated rings. The number of rotatable bonds is 11. The number of nitrogens with one attached hydrogen (secondary N) is 2. The molecule has 4 rings (SSSR count). The van der Waals surface area contributed by atoms with E-state index in [4.69, 9.17) is 13.8 Å². The first-order valence-electron chi connectivity index (χ1n) is 12.2. The van der Waals surface area contributed by atoms with Crippen molar-refractivity contribution in [2.24, 2.45) is 0 Å². The van der Waals surface area contributed by atoms with E-state index in [1.165, 1.54) is 12.4 Å². The number of methoxy groups -OCH3 is 1. The van der Waals surface area contributed by atoms with Crippen LogP contribution in [0, 0.1) is 0 Å². The molecule has 1 atom stereocenters. The zero-order valence-corrected chi connectivity index (χ0v) is 22.6. The molecule has 12 heteroatoms. The number of ether oxygens (including phenoxy) is 1. The van der Waals surface area contributed by atoms with Crippen LogP contribution in [0.15, 0.2) is 77.9 Å². The minimum atomic E-state index is -3.59. The van der Waals surface area contributed by atoms with E-state index < -0.39 is 25.1 Å². The normalized spacial score (nSPS) is 12.1. The topological polar surface area (TPSA) is 145 Å². The van der Waals surface area contributed by atoms with Crippen LogP contribution in [0.2, 0.25) is 0 Å². The van der Waals surface area contributed by atoms with Gasteiger partial charge in [-0.15, -0.1) is 5.10 Å². The third-order valence-electron chi connectivity index (χ3n) is 5.70. The number of benzene rings is 2. The highest BCUT2D eigenvalue weighted by Gasteiger charge is 2.28. The van der Waals surface area contributed by atoms with Crippen LogP contribution in [0.1, 0.15) is 41.4 Å². The first kappa shape index (κ1) is 27.8. The number of nitrogens with zero attached hydrogens (tertiary/aromatic N) is 3. The lowest BCUT2D eigenvalue weighted by atomic mass is 9.98. The molecule has 202 valence electrons. The van der Waals surface area contributed by atoms with E-state index in [1.54, 1.807) is 81.6 Å². The quantitative estimate of drug-likeness (QED) is 0.268. The lowest BCUT2D eigenvalue weighted by Gasteiger charge is -2.22. The summed E-state index contributed by atoms with van der Waals surface area (Å²) in [4.78, 5) is 33.0. The SMILES string of the molecule is CCOP(=O)(OCC)c1cccc(C(NC(=O)c2cnc(-c3cccnn3)[nH]c2=O)c2ccc(OC)cc2)c1. The van der Waals surface area contributed by atoms with Crippen LogP contribution >= 0.6 is 7.60 Å². The molecule has 2 aromatic heterocycles. The number of hydrogen-bond donors (Lipinski definition) is 2. The molecule has 11 nitrogen and oxygen atoms in total. The Labute approximate surface area is 225 Å². The van der Waals surface area contributed by atoms with Gasteiger partial charge in [0, 0.05) is 12.4 Å². The molecule has 4 aromatic rings. The number of amides is 1. The van der Waals surface area contributed by atoms with E-state index in [0.29, 0.717) is 27.9 Å². The van der Waals surface area contributed by atoms with Gasteiger partial charge in [0.05, 0.1) is 31.7 Å². The maximum absolute atomic E-state index is 13.4. The fourth-order valence-electron chi connectivity index (χ4n) is 3.88. The maximum Gasteiger partial charge on any atom is 0.361 e. The fourth-order valence-corrected chi connectivity index (χ4v) is 5.51. The summed E-state index contributed by atoms with van der Waals surface area (Å²) >= 11 is 0. The van der Waals surface area contributed by atoms with Crippen LogP contribution in [0.3, 0.4) is 0 Å². The predicted octanol–water partition coefficient (Wildman–Crippen LogP) is 3.65. The smallest absolute Gasteiger partial charge is 0.361 e. The third kappa shape index (κ3) is 6.46. The van der Waals surface area contributed by atoms with Gasteiger partial charge in [0.15, 0.2) is 5.82 Å². The van der Waals surface area contributed by atoms with E-state index in [0.717, 1.165) is 0 Å². The van der Waals surface area contributed by atoms with Crippen molar-refractivity contribution in [3.05, 3.63) is 100 Å². The van der Waals surface area contributed by atoms with Crippen molar-refractivity contribution in [3.63, 3.8) is 0 Å². The monoisotopic (exact) mass is 549 g/mol. The Kier molecular flexibility index (Phi) is 8.98. The summed E-state index contributed by atoms with van der Waals surface area (Å²) in [5, 5.41) is 11.0. The summed E-state index contributed by atoms with van der Waals surface area (Å²) in [6.45, 7) is 3.86. The highest BCUT2D eigenvalue weighted by molar-refractivity contribution is 7.62. The molecule has 0 radical (unpaired) electrons. The first-order valence-corrected chi connectivity index (χ1v) is 13.7. The molecule has 2 heterocycles. The summed E-state index contributed by atoms with van der Waals surface area (Å²) in [6, 6.07) is 16.5. The predicted molar refractivity (Wildman–Crippen MR) is 145 cm³/mol. The third-order valence-corrected chi connectivity index (χ3v) is 7.81. The highest BCUT2D eigenvalue weighted by atomic mass is 31.2. The Morgan fingerprint density at radius 1 is 1.03 bits per heavy atom. The summed E-state index contributed by atoms with van der Waals surface area (Å²) in [5.74, 6) is 0.167. The van der Waals surface area contributed by atoms with Crippen molar-refractivity contribution >= 4 is 18.8 Å². The van der Waals surface area contributed by atoms with Crippen molar-refractivity contribution in [1.29, 1.82) is 0 Å². The molecule has 0 bridgehead atoms. The lowest BCUT2D eigenvalue weighted by molar-refractivity contribution is 0.0941. The summed E-state index contributed by atoms with van der Waals surface area (Å²) < 4.78 is 29.7. The molecule has 1 amide bonds. The molecule has 2 aromatic carbocycles. The highest BCUT2D eigenvalue weighted by Crippen LogP contribution is 2.47. The standard InChI is InChI=1S/C27H28N5O6P/c1-4-37-39(35,38-5-2)21-9-6-8-19(16-21)24(18-11-13-20(36-3)14-12-18)30-26(33)22-17-28-25(31-27(22)34)23-10-7-15-29-32-23/h6-17,24H,4-5H2,1-3H3,(H,30,33)(H,28,31,34). The number of carbonyl (C=O) groups is 1. The second-order valence-corrected chi connectivity index (χ2v) is 10.2. The Bertz CT molecular complexity index is 1520. The molecule has 0 aliphatic rings. The summed E-state index contributed by atoms with van der Waals surface area (Å²) in [6.07, 6.45) is 2.69. The van der Waals surface area contributed by atoms with E-state index in [2.05, 4.69) is 25.5 Å². The van der Waals surface area contributed by atoms with Gasteiger partial charge in [-0.3, -0.25) is 14.2 Å². The molecule has 39 heavy (non-hydrogen) atoms. The van der Waals surface area contributed by atoms with Crippen molar-refractivity contribution in [3.8, 4) is 17.3 Å². The van der Waals surface area contributed by atoms with Crippen LogP contribution in [-0.2, 0) is 13.6 Å². The number of aromatic nitrogens is 4. The minimum Gasteiger partial charge on any atom is -0.497 e. The Morgan fingerprint density at radius 3 is 2.38 bits per heavy atom. The van der Waals surface area contributed by atoms with Crippen molar-refractivity contribution in [2.45, 2.75) is 19.9 Å². The number of carbonyl (C=O) groups excluding carboxylic acids is 1. The largest absolute Gasteiger partial charge is 0.497 e. The molecular formula is C27H28N5O6P. The van der Waals surface area contributed by atoms with E-state index >= 15 is 0 Å². The number of H-pyrrole nitrogens is 1. The van der Waals surface area contributed by atoms with E-state index in [1.807, 2.05) is 0 Å². The molecule has 0 saturated heterocycles. The van der Waals surface area contributed by atoms with E-state index in [9.17, 15) is 14.2 Å². The van der Waals surface area contributed by atoms with Gasteiger partial charge in [-0.2, -0.15) is 5.10 Å². The van der Waals surface area contributed by atoms with Gasteiger partial charge in [0.2, 0.25) is 0 Å². The van der Waals surface area contributed by atoms with Gasteiger partial charge >= 0.3 is 7.60 Å². The Hall–Kier alpha value is -4.18. The van der Waals surface area contributed by atoms with E-state index in [-0.39, 0.29) is 24.6 Å². The van der Waals surface area contributed by atoms with Gasteiger partial charge in [-0.25, -0.2) is 4.98 Å². The molecule has 0 aliphatic heterocycles. The number of hydrogen-bond acceptors (Lipinski definition) is 9. The van der Waals surface area contributed by atoms with Crippen molar-refractivity contribution in [1.82, 2.24) is 25.5 Å². The molecule has 1 unspecified atom stereocenters. The van der Waals surface area contributed by atoms with Crippen LogP contribution in [0.25, 0.3) is 11.5 Å². The molecule has 0 saturated carbocycles. The van der Waals surface area contributed by atoms with Gasteiger partial charge in [-0.1, -0.05) is 24.3 Å². The fraction of sp³-hybridized carbons (Fsp3) is 0.222. The lowest BCUT2D eigenvalue weighted by Crippen LogP contribution is -2.34. The molecule has 0 aliphatic carbocycles. The molecular weight excluding hydrogens is 521 g/mol. The van der Waals surface area contributed by atoms with Gasteiger partial charge in [-0.05, 0) is 61.4 Å². The Morgan fingerprint density at radius 2 is 1.77 bits per heavy atom. The van der Waals surface area contributed by atoms with Crippen molar-refractivity contribution < 1.29 is 23.1 Å². The van der Waals surface area contributed by atoms with Gasteiger partial charge in [0.1, 0.15) is 17.0 Å². The van der Waals surface area contributed by atoms with Crippen LogP contribution in [-0.4, -0.2) is 46.4 Å². The zero-order chi connectivity index (χ0) is 27.8. The van der Waals surface area contributed by atoms with Crippen LogP contribution < -0.4 is 20.9 Å². The average Bonchev–Trinajstić information content (AvgIpc) is 2.96. The summed E-state index contributed by atoms with van der Waals surface area (Å²) in [5.41, 5.74) is 0.840. The summed E-state index contributed by atoms with van der Waals surface area (Å²) in [7, 11) is -2.03. The van der Waals surface area contributed by atoms with Gasteiger partial charge < -0.3 is 24.1 Å². The minimum absolute atomic E-state index is 0.187. The van der Waals surface area contributed by atoms with Crippen molar-refractivity contribution in [2.75, 3.05) is 20.3 Å². The Balaban J connectivity index is 1.71. The molecule has 2 N–H and O–H groups in total. The molecule has 0 spiro atoms. The van der Waals surface area contributed by atoms with Crippen LogP contribution in [0.4, 0.5) is 0 Å². The zero-order valence-electron chi connectivity index (χ0n) is 21.7. The second-order valence-electron chi connectivity index (χ2n) is 8.19. The maximum atomic E-state index is 13.4. The van der Waals surface area contributed by atoms with Gasteiger partial charge in [0.25, 0.3) is 11.5 Å².